The SMILES string of the molecule is C/C=C(\C=N)c1c(C#N)cc(C#N)cc1C#N. The third kappa shape index (κ3) is 2.20. The Kier molecular flexibility index (Phi) is 3.76. The molecule has 0 aliphatic rings. The van der Waals surface area contributed by atoms with Crippen molar-refractivity contribution in [2.24, 2.45) is 0 Å². The number of rotatable bonds is 2. The molecule has 0 amide bonds. The monoisotopic (exact) mass is 220 g/mol. The largest absolute Gasteiger partial charge is 0.308 e. The Labute approximate surface area is 99.2 Å². The van der Waals surface area contributed by atoms with Gasteiger partial charge in [-0.3, -0.25) is 0 Å². The fourth-order valence-electron chi connectivity index (χ4n) is 1.49. The van der Waals surface area contributed by atoms with Gasteiger partial charge in [0, 0.05) is 11.8 Å². The molecule has 17 heavy (non-hydrogen) atoms. The molecule has 4 heteroatoms. The van der Waals surface area contributed by atoms with Gasteiger partial charge < -0.3 is 5.41 Å². The van der Waals surface area contributed by atoms with Gasteiger partial charge in [0.15, 0.2) is 0 Å². The predicted molar refractivity (Wildman–Crippen MR) is 63.0 cm³/mol. The molecule has 1 N–H and O–H groups in total. The molecular formula is C13H8N4. The lowest BCUT2D eigenvalue weighted by Gasteiger charge is -2.07. The molecule has 0 unspecified atom stereocenters. The Balaban J connectivity index is 3.72. The Hall–Kier alpha value is -2.90. The zero-order valence-electron chi connectivity index (χ0n) is 9.15. The Morgan fingerprint density at radius 3 is 1.94 bits per heavy atom. The van der Waals surface area contributed by atoms with Crippen LogP contribution in [0.1, 0.15) is 29.2 Å². The number of nitriles is 3. The molecule has 0 saturated heterocycles. The summed E-state index contributed by atoms with van der Waals surface area (Å²) in [6.45, 7) is 1.72. The van der Waals surface area contributed by atoms with E-state index in [1.807, 2.05) is 18.2 Å². The van der Waals surface area contributed by atoms with Gasteiger partial charge in [-0.25, -0.2) is 0 Å². The van der Waals surface area contributed by atoms with Gasteiger partial charge in [-0.05, 0) is 24.6 Å². The molecule has 0 aliphatic carbocycles. The molecule has 0 radical (unpaired) electrons. The second kappa shape index (κ2) is 5.26. The lowest BCUT2D eigenvalue weighted by atomic mass is 9.93. The highest BCUT2D eigenvalue weighted by Gasteiger charge is 2.13. The van der Waals surface area contributed by atoms with Crippen LogP contribution in [0.5, 0.6) is 0 Å². The fraction of sp³-hybridized carbons (Fsp3) is 0.0769. The van der Waals surface area contributed by atoms with Crippen LogP contribution in [0.3, 0.4) is 0 Å². The Bertz CT molecular complexity index is 583. The smallest absolute Gasteiger partial charge is 0.0999 e. The van der Waals surface area contributed by atoms with Gasteiger partial charge in [0.2, 0.25) is 0 Å². The first-order chi connectivity index (χ1) is 8.21. The lowest BCUT2D eigenvalue weighted by Crippen LogP contribution is -1.97. The van der Waals surface area contributed by atoms with Crippen molar-refractivity contribution in [3.63, 3.8) is 0 Å². The minimum absolute atomic E-state index is 0.234. The highest BCUT2D eigenvalue weighted by atomic mass is 14.3. The molecule has 0 bridgehead atoms. The van der Waals surface area contributed by atoms with E-state index >= 15 is 0 Å². The van der Waals surface area contributed by atoms with Crippen LogP contribution in [0.4, 0.5) is 0 Å². The first kappa shape index (κ1) is 12.2. The number of nitrogens with one attached hydrogen (secondary N) is 1. The molecule has 0 heterocycles. The highest BCUT2D eigenvalue weighted by molar-refractivity contribution is 6.10. The fourth-order valence-corrected chi connectivity index (χ4v) is 1.49. The van der Waals surface area contributed by atoms with Crippen LogP contribution >= 0.6 is 0 Å². The Morgan fingerprint density at radius 2 is 1.65 bits per heavy atom. The summed E-state index contributed by atoms with van der Waals surface area (Å²) in [5, 5.41) is 34.1. The van der Waals surface area contributed by atoms with Gasteiger partial charge in [0.25, 0.3) is 0 Å². The van der Waals surface area contributed by atoms with Crippen molar-refractivity contribution >= 4 is 11.8 Å². The summed E-state index contributed by atoms with van der Waals surface area (Å²) in [6.07, 6.45) is 2.74. The van der Waals surface area contributed by atoms with Crippen molar-refractivity contribution in [2.45, 2.75) is 6.92 Å². The first-order valence-corrected chi connectivity index (χ1v) is 4.77. The molecule has 0 spiro atoms. The topological polar surface area (TPSA) is 95.2 Å². The van der Waals surface area contributed by atoms with Crippen LogP contribution in [0.25, 0.3) is 5.57 Å². The summed E-state index contributed by atoms with van der Waals surface area (Å²) in [7, 11) is 0. The van der Waals surface area contributed by atoms with E-state index in [0.717, 1.165) is 6.21 Å². The van der Waals surface area contributed by atoms with Crippen LogP contribution in [0, 0.1) is 39.4 Å². The predicted octanol–water partition coefficient (Wildman–Crippen LogP) is 2.35. The third-order valence-corrected chi connectivity index (χ3v) is 2.26. The molecule has 0 atom stereocenters. The zero-order valence-corrected chi connectivity index (χ0v) is 9.15. The quantitative estimate of drug-likeness (QED) is 0.775. The summed E-state index contributed by atoms with van der Waals surface area (Å²) in [4.78, 5) is 0. The zero-order chi connectivity index (χ0) is 12.8. The maximum atomic E-state index is 9.03. The second-order valence-corrected chi connectivity index (χ2v) is 3.17. The van der Waals surface area contributed by atoms with E-state index in [2.05, 4.69) is 0 Å². The van der Waals surface area contributed by atoms with Gasteiger partial charge in [-0.15, -0.1) is 0 Å². The minimum Gasteiger partial charge on any atom is -0.308 e. The molecule has 1 rings (SSSR count). The molecule has 1 aromatic rings. The van der Waals surface area contributed by atoms with Crippen molar-refractivity contribution in [3.05, 3.63) is 40.5 Å². The minimum atomic E-state index is 0.234. The van der Waals surface area contributed by atoms with E-state index in [-0.39, 0.29) is 16.7 Å². The van der Waals surface area contributed by atoms with Crippen molar-refractivity contribution < 1.29 is 0 Å². The highest BCUT2D eigenvalue weighted by Crippen LogP contribution is 2.23. The number of benzene rings is 1. The normalized spacial score (nSPS) is 9.88. The van der Waals surface area contributed by atoms with E-state index in [0.29, 0.717) is 11.1 Å². The maximum absolute atomic E-state index is 9.03. The van der Waals surface area contributed by atoms with Gasteiger partial charge in [-0.2, -0.15) is 15.8 Å². The van der Waals surface area contributed by atoms with Crippen molar-refractivity contribution in [3.8, 4) is 18.2 Å². The lowest BCUT2D eigenvalue weighted by molar-refractivity contribution is 1.39. The summed E-state index contributed by atoms with van der Waals surface area (Å²) >= 11 is 0. The molecular weight excluding hydrogens is 212 g/mol. The standard InChI is InChI=1S/C13H8N4/c1-2-10(6-15)13-11(7-16)3-9(5-14)4-12(13)8-17/h2-4,6,15H,1H3/b10-2+,15-6?. The van der Waals surface area contributed by atoms with E-state index < -0.39 is 0 Å². The molecule has 0 aliphatic heterocycles. The van der Waals surface area contributed by atoms with Gasteiger partial charge in [-0.1, -0.05) is 6.08 Å². The summed E-state index contributed by atoms with van der Waals surface area (Å²) in [5.41, 5.74) is 1.63. The number of allylic oxidation sites excluding steroid dienone is 2. The summed E-state index contributed by atoms with van der Waals surface area (Å²) in [6, 6.07) is 8.63. The first-order valence-electron chi connectivity index (χ1n) is 4.77. The average Bonchev–Trinajstić information content (AvgIpc) is 2.39. The summed E-state index contributed by atoms with van der Waals surface area (Å²) in [5.74, 6) is 0. The number of hydrogen-bond acceptors (Lipinski definition) is 4. The molecule has 4 nitrogen and oxygen atoms in total. The van der Waals surface area contributed by atoms with Crippen LogP contribution in [-0.4, -0.2) is 6.21 Å². The van der Waals surface area contributed by atoms with Crippen molar-refractivity contribution in [1.29, 1.82) is 21.2 Å². The molecule has 1 aromatic carbocycles. The van der Waals surface area contributed by atoms with E-state index in [4.69, 9.17) is 21.2 Å². The van der Waals surface area contributed by atoms with Crippen molar-refractivity contribution in [2.75, 3.05) is 0 Å². The van der Waals surface area contributed by atoms with Gasteiger partial charge >= 0.3 is 0 Å². The van der Waals surface area contributed by atoms with Gasteiger partial charge in [0.1, 0.15) is 0 Å². The third-order valence-electron chi connectivity index (χ3n) is 2.26. The van der Waals surface area contributed by atoms with Crippen LogP contribution < -0.4 is 0 Å². The number of hydrogen-bond donors (Lipinski definition) is 1. The molecule has 80 valence electrons. The number of nitrogens with zero attached hydrogens (tertiary/aromatic N) is 3. The van der Waals surface area contributed by atoms with Crippen LogP contribution in [0.15, 0.2) is 18.2 Å². The van der Waals surface area contributed by atoms with E-state index in [1.54, 1.807) is 13.0 Å². The Morgan fingerprint density at radius 1 is 1.12 bits per heavy atom. The second-order valence-electron chi connectivity index (χ2n) is 3.17. The van der Waals surface area contributed by atoms with E-state index in [9.17, 15) is 0 Å². The average molecular weight is 220 g/mol. The maximum Gasteiger partial charge on any atom is 0.0999 e. The van der Waals surface area contributed by atoms with Gasteiger partial charge in [0.05, 0.1) is 34.9 Å². The van der Waals surface area contributed by atoms with E-state index in [1.165, 1.54) is 12.1 Å². The molecule has 0 saturated carbocycles. The summed E-state index contributed by atoms with van der Waals surface area (Å²) < 4.78 is 0. The van der Waals surface area contributed by atoms with Crippen LogP contribution in [-0.2, 0) is 0 Å². The van der Waals surface area contributed by atoms with Crippen molar-refractivity contribution in [1.82, 2.24) is 0 Å². The molecule has 0 fully saturated rings. The molecule has 0 aromatic heterocycles. The van der Waals surface area contributed by atoms with Crippen LogP contribution in [0.2, 0.25) is 0 Å².